The molecule has 25 heavy (non-hydrogen) atoms. The normalized spacial score (nSPS) is 19.9. The van der Waals surface area contributed by atoms with E-state index < -0.39 is 0 Å². The van der Waals surface area contributed by atoms with Crippen LogP contribution in [0, 0.1) is 18.3 Å². The van der Waals surface area contributed by atoms with Gasteiger partial charge in [0.1, 0.15) is 12.4 Å². The third-order valence-corrected chi connectivity index (χ3v) is 4.55. The first-order chi connectivity index (χ1) is 12.2. The van der Waals surface area contributed by atoms with E-state index in [1.807, 2.05) is 35.6 Å². The zero-order valence-electron chi connectivity index (χ0n) is 14.3. The monoisotopic (exact) mass is 338 g/mol. The van der Waals surface area contributed by atoms with E-state index in [1.165, 1.54) is 0 Å². The van der Waals surface area contributed by atoms with Crippen molar-refractivity contribution in [2.24, 2.45) is 5.92 Å². The number of hydrogen-bond acceptors (Lipinski definition) is 3. The molecule has 1 N–H and O–H groups in total. The highest BCUT2D eigenvalue weighted by Crippen LogP contribution is 2.29. The summed E-state index contributed by atoms with van der Waals surface area (Å²) >= 11 is 0. The van der Waals surface area contributed by atoms with Crippen molar-refractivity contribution in [1.29, 1.82) is 0 Å². The van der Waals surface area contributed by atoms with Gasteiger partial charge in [-0.1, -0.05) is 25.0 Å². The highest BCUT2D eigenvalue weighted by Gasteiger charge is 2.30. The molecule has 3 rings (SSSR count). The molecule has 0 aliphatic carbocycles. The number of hydrogen-bond donors (Lipinski definition) is 1. The van der Waals surface area contributed by atoms with Crippen molar-refractivity contribution in [3.8, 4) is 18.1 Å². The molecular formula is C19H22N4O2. The molecule has 0 spiro atoms. The number of carbonyl (C=O) groups is 1. The van der Waals surface area contributed by atoms with Gasteiger partial charge in [0, 0.05) is 25.5 Å². The molecule has 1 saturated heterocycles. The van der Waals surface area contributed by atoms with Gasteiger partial charge in [0.2, 0.25) is 0 Å². The first-order valence-electron chi connectivity index (χ1n) is 8.37. The molecule has 2 amide bonds. The summed E-state index contributed by atoms with van der Waals surface area (Å²) in [4.78, 5) is 18.7. The van der Waals surface area contributed by atoms with Crippen LogP contribution < -0.4 is 10.1 Å². The number of piperidine rings is 1. The summed E-state index contributed by atoms with van der Waals surface area (Å²) in [6.07, 6.45) is 11.7. The molecule has 0 bridgehead atoms. The average molecular weight is 338 g/mol. The van der Waals surface area contributed by atoms with Crippen LogP contribution in [0.5, 0.6) is 5.75 Å². The molecule has 6 nitrogen and oxygen atoms in total. The zero-order valence-corrected chi connectivity index (χ0v) is 14.3. The highest BCUT2D eigenvalue weighted by atomic mass is 16.5. The van der Waals surface area contributed by atoms with Crippen LogP contribution in [0.25, 0.3) is 0 Å². The quantitative estimate of drug-likeness (QED) is 0.872. The van der Waals surface area contributed by atoms with Crippen LogP contribution in [0.15, 0.2) is 43.0 Å². The number of likely N-dealkylation sites (tertiary alicyclic amines) is 1. The molecular weight excluding hydrogens is 316 g/mol. The van der Waals surface area contributed by atoms with Gasteiger partial charge < -0.3 is 19.5 Å². The van der Waals surface area contributed by atoms with Gasteiger partial charge in [-0.2, -0.15) is 0 Å². The maximum Gasteiger partial charge on any atom is 0.322 e. The maximum atomic E-state index is 12.7. The molecule has 2 atom stereocenters. The second-order valence-corrected chi connectivity index (χ2v) is 6.21. The molecule has 6 heteroatoms. The number of carbonyl (C=O) groups excluding carboxylic acids is 1. The smallest absolute Gasteiger partial charge is 0.322 e. The number of anilines is 1. The van der Waals surface area contributed by atoms with Crippen molar-refractivity contribution in [2.45, 2.75) is 19.4 Å². The van der Waals surface area contributed by atoms with Gasteiger partial charge in [-0.05, 0) is 24.5 Å². The minimum Gasteiger partial charge on any atom is -0.479 e. The number of benzene rings is 1. The SMILES string of the molecule is C#CCOc1ccccc1NC(=O)N1CCC(C)C(n2ccnc2)C1. The van der Waals surface area contributed by atoms with Crippen molar-refractivity contribution in [3.05, 3.63) is 43.0 Å². The van der Waals surface area contributed by atoms with E-state index in [0.29, 0.717) is 23.9 Å². The molecule has 130 valence electrons. The number of rotatable bonds is 4. The lowest BCUT2D eigenvalue weighted by atomic mass is 9.93. The Labute approximate surface area is 147 Å². The predicted molar refractivity (Wildman–Crippen MR) is 96.4 cm³/mol. The number of amides is 2. The van der Waals surface area contributed by atoms with Crippen LogP contribution in [-0.2, 0) is 0 Å². The first kappa shape index (κ1) is 16.9. The number of imidazole rings is 1. The summed E-state index contributed by atoms with van der Waals surface area (Å²) < 4.78 is 7.57. The summed E-state index contributed by atoms with van der Waals surface area (Å²) in [5.74, 6) is 3.50. The largest absolute Gasteiger partial charge is 0.479 e. The lowest BCUT2D eigenvalue weighted by molar-refractivity contribution is 0.149. The van der Waals surface area contributed by atoms with Crippen LogP contribution in [0.1, 0.15) is 19.4 Å². The average Bonchev–Trinajstić information content (AvgIpc) is 3.15. The molecule has 2 heterocycles. The molecule has 1 aliphatic rings. The van der Waals surface area contributed by atoms with Crippen molar-refractivity contribution in [1.82, 2.24) is 14.5 Å². The van der Waals surface area contributed by atoms with E-state index in [2.05, 4.69) is 27.7 Å². The number of aromatic nitrogens is 2. The van der Waals surface area contributed by atoms with Crippen molar-refractivity contribution >= 4 is 11.7 Å². The van der Waals surface area contributed by atoms with Crippen LogP contribution >= 0.6 is 0 Å². The number of nitrogens with one attached hydrogen (secondary N) is 1. The van der Waals surface area contributed by atoms with Crippen LogP contribution in [0.4, 0.5) is 10.5 Å². The van der Waals surface area contributed by atoms with E-state index >= 15 is 0 Å². The van der Waals surface area contributed by atoms with Crippen molar-refractivity contribution < 1.29 is 9.53 Å². The predicted octanol–water partition coefficient (Wildman–Crippen LogP) is 3.01. The molecule has 2 aromatic rings. The Kier molecular flexibility index (Phi) is 5.24. The van der Waals surface area contributed by atoms with E-state index in [4.69, 9.17) is 11.2 Å². The summed E-state index contributed by atoms with van der Waals surface area (Å²) in [5.41, 5.74) is 0.626. The van der Waals surface area contributed by atoms with E-state index in [-0.39, 0.29) is 18.7 Å². The number of terminal acetylenes is 1. The summed E-state index contributed by atoms with van der Waals surface area (Å²) in [6.45, 7) is 3.75. The van der Waals surface area contributed by atoms with Gasteiger partial charge in [-0.3, -0.25) is 0 Å². The number of ether oxygens (including phenoxy) is 1. The molecule has 1 aliphatic heterocycles. The van der Waals surface area contributed by atoms with Crippen molar-refractivity contribution in [3.63, 3.8) is 0 Å². The molecule has 0 radical (unpaired) electrons. The third-order valence-electron chi connectivity index (χ3n) is 4.55. The second-order valence-electron chi connectivity index (χ2n) is 6.21. The summed E-state index contributed by atoms with van der Waals surface area (Å²) in [7, 11) is 0. The molecule has 1 aromatic heterocycles. The van der Waals surface area contributed by atoms with Crippen molar-refractivity contribution in [2.75, 3.05) is 25.0 Å². The second kappa shape index (κ2) is 7.75. The Bertz CT molecular complexity index is 751. The Morgan fingerprint density at radius 2 is 2.32 bits per heavy atom. The van der Waals surface area contributed by atoms with Gasteiger partial charge in [-0.15, -0.1) is 6.42 Å². The topological polar surface area (TPSA) is 59.4 Å². The van der Waals surface area contributed by atoms with Gasteiger partial charge in [0.05, 0.1) is 18.1 Å². The van der Waals surface area contributed by atoms with Gasteiger partial charge >= 0.3 is 6.03 Å². The van der Waals surface area contributed by atoms with Gasteiger partial charge in [0.15, 0.2) is 0 Å². The lowest BCUT2D eigenvalue weighted by Crippen LogP contribution is -2.45. The van der Waals surface area contributed by atoms with Crippen LogP contribution in [0.2, 0.25) is 0 Å². The first-order valence-corrected chi connectivity index (χ1v) is 8.37. The third kappa shape index (κ3) is 3.94. The Balaban J connectivity index is 1.68. The van der Waals surface area contributed by atoms with Crippen LogP contribution in [0.3, 0.4) is 0 Å². The Morgan fingerprint density at radius 3 is 3.08 bits per heavy atom. The van der Waals surface area contributed by atoms with Crippen LogP contribution in [-0.4, -0.2) is 40.2 Å². The number of urea groups is 1. The van der Waals surface area contributed by atoms with E-state index in [9.17, 15) is 4.79 Å². The minimum atomic E-state index is -0.131. The fourth-order valence-corrected chi connectivity index (χ4v) is 3.10. The molecule has 2 unspecified atom stereocenters. The summed E-state index contributed by atoms with van der Waals surface area (Å²) in [6, 6.07) is 7.40. The minimum absolute atomic E-state index is 0.131. The molecule has 1 aromatic carbocycles. The number of para-hydroxylation sites is 2. The van der Waals surface area contributed by atoms with E-state index in [1.54, 1.807) is 12.3 Å². The molecule has 0 saturated carbocycles. The fourth-order valence-electron chi connectivity index (χ4n) is 3.10. The Morgan fingerprint density at radius 1 is 1.48 bits per heavy atom. The maximum absolute atomic E-state index is 12.7. The zero-order chi connectivity index (χ0) is 17.6. The highest BCUT2D eigenvalue weighted by molar-refractivity contribution is 5.91. The van der Waals surface area contributed by atoms with E-state index in [0.717, 1.165) is 13.0 Å². The summed E-state index contributed by atoms with van der Waals surface area (Å²) in [5, 5.41) is 2.94. The lowest BCUT2D eigenvalue weighted by Gasteiger charge is -2.37. The Hall–Kier alpha value is -2.94. The van der Waals surface area contributed by atoms with Gasteiger partial charge in [-0.25, -0.2) is 9.78 Å². The van der Waals surface area contributed by atoms with Gasteiger partial charge in [0.25, 0.3) is 0 Å². The number of nitrogens with zero attached hydrogens (tertiary/aromatic N) is 3. The molecule has 1 fully saturated rings. The standard InChI is InChI=1S/C19H22N4O2/c1-3-12-25-18-7-5-4-6-16(18)21-19(24)22-10-8-15(2)17(13-22)23-11-9-20-14-23/h1,4-7,9,11,14-15,17H,8,10,12-13H2,2H3,(H,21,24). The fraction of sp³-hybridized carbons (Fsp3) is 0.368.